The highest BCUT2D eigenvalue weighted by Crippen LogP contribution is 2.27. The van der Waals surface area contributed by atoms with Gasteiger partial charge in [0.25, 0.3) is 5.91 Å². The van der Waals surface area contributed by atoms with Crippen LogP contribution in [0, 0.1) is 0 Å². The molecule has 2 aromatic carbocycles. The summed E-state index contributed by atoms with van der Waals surface area (Å²) in [5.41, 5.74) is 6.18. The fourth-order valence-electron chi connectivity index (χ4n) is 2.44. The fraction of sp³-hybridized carbons (Fsp3) is 0.300. The molecular weight excluding hydrogens is 394 g/mol. The van der Waals surface area contributed by atoms with Gasteiger partial charge in [0.1, 0.15) is 0 Å². The van der Waals surface area contributed by atoms with Crippen molar-refractivity contribution < 1.29 is 23.7 Å². The number of methoxy groups -OCH3 is 3. The van der Waals surface area contributed by atoms with Crippen molar-refractivity contribution in [2.24, 2.45) is 0 Å². The standard InChI is InChI=1S/C20H25N3O5S/c1-25-15-6-4-5-7-17(15)28-13-19(24)22-23-20(29)21-11-10-14-8-9-16(26-2)18(12-14)27-3/h4-9,12H,10-11,13H2,1-3H3,(H,22,24)(H2,21,23,29). The summed E-state index contributed by atoms with van der Waals surface area (Å²) in [5.74, 6) is 2.02. The highest BCUT2D eigenvalue weighted by Gasteiger charge is 2.08. The van der Waals surface area contributed by atoms with Gasteiger partial charge in [-0.25, -0.2) is 0 Å². The molecule has 0 atom stereocenters. The Kier molecular flexibility index (Phi) is 8.84. The van der Waals surface area contributed by atoms with Gasteiger partial charge >= 0.3 is 0 Å². The van der Waals surface area contributed by atoms with Crippen LogP contribution in [0.1, 0.15) is 5.56 Å². The van der Waals surface area contributed by atoms with Crippen molar-refractivity contribution in [1.29, 1.82) is 0 Å². The highest BCUT2D eigenvalue weighted by molar-refractivity contribution is 7.80. The number of amides is 1. The van der Waals surface area contributed by atoms with E-state index in [1.807, 2.05) is 24.3 Å². The van der Waals surface area contributed by atoms with Crippen molar-refractivity contribution in [2.75, 3.05) is 34.5 Å². The molecule has 0 spiro atoms. The average molecular weight is 420 g/mol. The predicted molar refractivity (Wildman–Crippen MR) is 114 cm³/mol. The van der Waals surface area contributed by atoms with Crippen LogP contribution in [0.15, 0.2) is 42.5 Å². The van der Waals surface area contributed by atoms with Gasteiger partial charge in [0, 0.05) is 6.54 Å². The summed E-state index contributed by atoms with van der Waals surface area (Å²) in [6.07, 6.45) is 0.715. The lowest BCUT2D eigenvalue weighted by molar-refractivity contribution is -0.123. The van der Waals surface area contributed by atoms with E-state index in [1.54, 1.807) is 32.4 Å². The van der Waals surface area contributed by atoms with Crippen molar-refractivity contribution >= 4 is 23.2 Å². The van der Waals surface area contributed by atoms with Gasteiger partial charge in [0.2, 0.25) is 0 Å². The molecule has 0 aromatic heterocycles. The molecule has 0 fully saturated rings. The molecule has 0 aliphatic rings. The van der Waals surface area contributed by atoms with Gasteiger partial charge < -0.3 is 24.3 Å². The monoisotopic (exact) mass is 419 g/mol. The quantitative estimate of drug-likeness (QED) is 0.419. The largest absolute Gasteiger partial charge is 0.493 e. The maximum absolute atomic E-state index is 11.9. The Hall–Kier alpha value is -3.20. The number of nitrogens with one attached hydrogen (secondary N) is 3. The van der Waals surface area contributed by atoms with Crippen molar-refractivity contribution in [3.8, 4) is 23.0 Å². The SMILES string of the molecule is COc1ccc(CCNC(=S)NNC(=O)COc2ccccc2OC)cc1OC. The lowest BCUT2D eigenvalue weighted by Gasteiger charge is -2.13. The van der Waals surface area contributed by atoms with Gasteiger partial charge in [-0.3, -0.25) is 15.6 Å². The van der Waals surface area contributed by atoms with Crippen molar-refractivity contribution in [2.45, 2.75) is 6.42 Å². The number of rotatable bonds is 9. The number of benzene rings is 2. The van der Waals surface area contributed by atoms with Gasteiger partial charge in [-0.15, -0.1) is 0 Å². The summed E-state index contributed by atoms with van der Waals surface area (Å²) in [4.78, 5) is 11.9. The summed E-state index contributed by atoms with van der Waals surface area (Å²) >= 11 is 5.15. The minimum atomic E-state index is -0.375. The third-order valence-corrected chi connectivity index (χ3v) is 4.14. The maximum Gasteiger partial charge on any atom is 0.276 e. The maximum atomic E-state index is 11.9. The Labute approximate surface area is 175 Å². The van der Waals surface area contributed by atoms with Gasteiger partial charge in [0.05, 0.1) is 21.3 Å². The van der Waals surface area contributed by atoms with Crippen LogP contribution in [0.3, 0.4) is 0 Å². The van der Waals surface area contributed by atoms with Gasteiger partial charge in [-0.05, 0) is 48.5 Å². The van der Waals surface area contributed by atoms with E-state index >= 15 is 0 Å². The molecule has 0 saturated carbocycles. The first-order valence-electron chi connectivity index (χ1n) is 8.86. The zero-order valence-corrected chi connectivity index (χ0v) is 17.4. The van der Waals surface area contributed by atoms with E-state index in [2.05, 4.69) is 16.2 Å². The highest BCUT2D eigenvalue weighted by atomic mass is 32.1. The first kappa shape index (κ1) is 22.1. The van der Waals surface area contributed by atoms with Gasteiger partial charge in [0.15, 0.2) is 34.7 Å². The predicted octanol–water partition coefficient (Wildman–Crippen LogP) is 1.83. The minimum Gasteiger partial charge on any atom is -0.493 e. The molecule has 2 aromatic rings. The first-order valence-corrected chi connectivity index (χ1v) is 9.27. The first-order chi connectivity index (χ1) is 14.1. The van der Waals surface area contributed by atoms with Crippen molar-refractivity contribution in [3.05, 3.63) is 48.0 Å². The van der Waals surface area contributed by atoms with Crippen LogP contribution in [-0.2, 0) is 11.2 Å². The molecule has 0 aliphatic carbocycles. The van der Waals surface area contributed by atoms with Crippen LogP contribution in [0.2, 0.25) is 0 Å². The van der Waals surface area contributed by atoms with Gasteiger partial charge in [-0.2, -0.15) is 0 Å². The van der Waals surface area contributed by atoms with Crippen LogP contribution in [-0.4, -0.2) is 45.5 Å². The molecule has 0 bridgehead atoms. The van der Waals surface area contributed by atoms with E-state index < -0.39 is 0 Å². The third kappa shape index (κ3) is 7.04. The summed E-state index contributed by atoms with van der Waals surface area (Å²) in [7, 11) is 4.73. The Morgan fingerprint density at radius 2 is 1.55 bits per heavy atom. The van der Waals surface area contributed by atoms with Crippen LogP contribution < -0.4 is 35.1 Å². The molecule has 0 aliphatic heterocycles. The number of hydrogen-bond donors (Lipinski definition) is 3. The van der Waals surface area contributed by atoms with E-state index in [1.165, 1.54) is 7.11 Å². The molecule has 0 heterocycles. The lowest BCUT2D eigenvalue weighted by Crippen LogP contribution is -2.48. The lowest BCUT2D eigenvalue weighted by atomic mass is 10.1. The molecule has 1 amide bonds. The minimum absolute atomic E-state index is 0.179. The molecule has 156 valence electrons. The number of hydrogen-bond acceptors (Lipinski definition) is 6. The normalized spacial score (nSPS) is 9.90. The third-order valence-electron chi connectivity index (χ3n) is 3.89. The van der Waals surface area contributed by atoms with Crippen molar-refractivity contribution in [1.82, 2.24) is 16.2 Å². The van der Waals surface area contributed by atoms with Crippen LogP contribution in [0.4, 0.5) is 0 Å². The number of thiocarbonyl (C=S) groups is 1. The molecule has 2 rings (SSSR count). The zero-order valence-electron chi connectivity index (χ0n) is 16.6. The Morgan fingerprint density at radius 3 is 2.24 bits per heavy atom. The number of ether oxygens (including phenoxy) is 4. The Bertz CT molecular complexity index is 832. The Balaban J connectivity index is 1.68. The van der Waals surface area contributed by atoms with E-state index in [4.69, 9.17) is 31.2 Å². The van der Waals surface area contributed by atoms with Gasteiger partial charge in [-0.1, -0.05) is 18.2 Å². The second-order valence-electron chi connectivity index (χ2n) is 5.81. The van der Waals surface area contributed by atoms with E-state index in [0.29, 0.717) is 41.1 Å². The molecule has 8 nitrogen and oxygen atoms in total. The molecule has 0 saturated heterocycles. The zero-order chi connectivity index (χ0) is 21.1. The number of para-hydroxylation sites is 2. The van der Waals surface area contributed by atoms with Crippen LogP contribution in [0.5, 0.6) is 23.0 Å². The molecule has 0 unspecified atom stereocenters. The number of carbonyl (C=O) groups excluding carboxylic acids is 1. The Morgan fingerprint density at radius 1 is 0.897 bits per heavy atom. The fourth-order valence-corrected chi connectivity index (χ4v) is 2.60. The summed E-state index contributed by atoms with van der Waals surface area (Å²) in [6.45, 7) is 0.399. The van der Waals surface area contributed by atoms with E-state index in [9.17, 15) is 4.79 Å². The van der Waals surface area contributed by atoms with Crippen LogP contribution >= 0.6 is 12.2 Å². The topological polar surface area (TPSA) is 90.1 Å². The molecular formula is C20H25N3O5S. The number of carbonyl (C=O) groups is 1. The molecule has 29 heavy (non-hydrogen) atoms. The summed E-state index contributed by atoms with van der Waals surface area (Å²) in [5, 5.41) is 3.32. The second-order valence-corrected chi connectivity index (χ2v) is 6.22. The summed E-state index contributed by atoms with van der Waals surface area (Å²) < 4.78 is 21.1. The van der Waals surface area contributed by atoms with E-state index in [-0.39, 0.29) is 12.5 Å². The van der Waals surface area contributed by atoms with Crippen molar-refractivity contribution in [3.63, 3.8) is 0 Å². The smallest absolute Gasteiger partial charge is 0.276 e. The molecule has 0 radical (unpaired) electrons. The molecule has 3 N–H and O–H groups in total. The van der Waals surface area contributed by atoms with E-state index in [0.717, 1.165) is 5.56 Å². The number of hydrazine groups is 1. The van der Waals surface area contributed by atoms with Crippen LogP contribution in [0.25, 0.3) is 0 Å². The average Bonchev–Trinajstić information content (AvgIpc) is 2.76. The molecule has 9 heteroatoms. The summed E-state index contributed by atoms with van der Waals surface area (Å²) in [6, 6.07) is 12.8. The second kappa shape index (κ2) is 11.6.